The Bertz CT molecular complexity index is 464. The summed E-state index contributed by atoms with van der Waals surface area (Å²) in [6.07, 6.45) is -0.453. The van der Waals surface area contributed by atoms with Gasteiger partial charge in [0.1, 0.15) is 0 Å². The molecule has 0 spiro atoms. The third kappa shape index (κ3) is 4.96. The fourth-order valence-electron chi connectivity index (χ4n) is 1.38. The van der Waals surface area contributed by atoms with Gasteiger partial charge in [-0.05, 0) is 24.1 Å². The van der Waals surface area contributed by atoms with Crippen molar-refractivity contribution in [1.82, 2.24) is 0 Å². The van der Waals surface area contributed by atoms with Gasteiger partial charge < -0.3 is 5.11 Å². The molecule has 96 valence electrons. The number of rotatable bonds is 3. The normalized spacial score (nSPS) is 11.3. The molecule has 1 rings (SSSR count). The van der Waals surface area contributed by atoms with Crippen molar-refractivity contribution in [2.24, 2.45) is 0 Å². The average Bonchev–Trinajstić information content (AvgIpc) is 2.33. The summed E-state index contributed by atoms with van der Waals surface area (Å²) in [5.41, 5.74) is -0.00648. The van der Waals surface area contributed by atoms with Gasteiger partial charge in [0, 0.05) is 12.8 Å². The Labute approximate surface area is 104 Å². The van der Waals surface area contributed by atoms with Gasteiger partial charge in [-0.1, -0.05) is 24.1 Å². The molecule has 1 N–H and O–H groups in total. The van der Waals surface area contributed by atoms with E-state index in [-0.39, 0.29) is 0 Å². The number of alkyl halides is 3. The Kier molecular flexibility index (Phi) is 5.31. The molecule has 0 aliphatic rings. The van der Waals surface area contributed by atoms with Crippen LogP contribution in [-0.2, 0) is 12.6 Å². The van der Waals surface area contributed by atoms with E-state index in [1.165, 1.54) is 12.1 Å². The van der Waals surface area contributed by atoms with Crippen LogP contribution in [0.1, 0.15) is 24.0 Å². The Morgan fingerprint density at radius 3 is 2.67 bits per heavy atom. The van der Waals surface area contributed by atoms with Crippen LogP contribution in [-0.4, -0.2) is 5.11 Å². The number of benzene rings is 1. The van der Waals surface area contributed by atoms with Gasteiger partial charge in [0.05, 0.1) is 11.8 Å². The highest BCUT2D eigenvalue weighted by molar-refractivity contribution is 5.26. The maximum absolute atomic E-state index is 12.4. The lowest BCUT2D eigenvalue weighted by molar-refractivity contribution is -0.137. The van der Waals surface area contributed by atoms with Crippen LogP contribution in [0.3, 0.4) is 0 Å². The van der Waals surface area contributed by atoms with Crippen LogP contribution in [0, 0.1) is 11.8 Å². The standard InChI is InChI=1S/C14H13F3O/c15-14(16,17)13-9-6-8-12(11-13)7-4-2-1-3-5-10-18/h5-6,8-11,18H,3-4,7H2. The number of allylic oxidation sites excluding steroid dienone is 1. The van der Waals surface area contributed by atoms with E-state index in [0.717, 1.165) is 18.4 Å². The molecule has 0 fully saturated rings. The van der Waals surface area contributed by atoms with E-state index in [1.54, 1.807) is 6.07 Å². The van der Waals surface area contributed by atoms with Gasteiger partial charge in [0.25, 0.3) is 0 Å². The third-order valence-electron chi connectivity index (χ3n) is 2.24. The fraction of sp³-hybridized carbons (Fsp3) is 0.286. The van der Waals surface area contributed by atoms with E-state index in [1.807, 2.05) is 0 Å². The lowest BCUT2D eigenvalue weighted by Crippen LogP contribution is -2.05. The number of halogens is 3. The highest BCUT2D eigenvalue weighted by atomic mass is 19.4. The molecule has 0 atom stereocenters. The predicted octanol–water partition coefficient (Wildman–Crippen LogP) is 4.10. The molecule has 0 unspecified atom stereocenters. The molecule has 1 aromatic carbocycles. The minimum atomic E-state index is -4.30. The lowest BCUT2D eigenvalue weighted by atomic mass is 10.1. The first-order chi connectivity index (χ1) is 8.54. The van der Waals surface area contributed by atoms with Gasteiger partial charge in [0.15, 0.2) is 0 Å². The highest BCUT2D eigenvalue weighted by Crippen LogP contribution is 2.29. The highest BCUT2D eigenvalue weighted by Gasteiger charge is 2.30. The van der Waals surface area contributed by atoms with Crippen molar-refractivity contribution in [3.05, 3.63) is 47.7 Å². The smallest absolute Gasteiger partial charge is 0.416 e. The molecule has 0 heterocycles. The van der Waals surface area contributed by atoms with E-state index in [0.29, 0.717) is 24.8 Å². The van der Waals surface area contributed by atoms with Crippen molar-refractivity contribution in [3.8, 4) is 11.8 Å². The maximum Gasteiger partial charge on any atom is 0.416 e. The molecule has 0 radical (unpaired) electrons. The van der Waals surface area contributed by atoms with Crippen molar-refractivity contribution >= 4 is 0 Å². The summed E-state index contributed by atoms with van der Waals surface area (Å²) in [5, 5.41) is 8.35. The summed E-state index contributed by atoms with van der Waals surface area (Å²) in [5.74, 6) is 5.62. The second-order valence-electron chi connectivity index (χ2n) is 3.64. The van der Waals surface area contributed by atoms with Crippen LogP contribution >= 0.6 is 0 Å². The van der Waals surface area contributed by atoms with Gasteiger partial charge in [-0.25, -0.2) is 0 Å². The summed E-state index contributed by atoms with van der Waals surface area (Å²) in [4.78, 5) is 0. The van der Waals surface area contributed by atoms with Crippen LogP contribution in [0.5, 0.6) is 0 Å². The van der Waals surface area contributed by atoms with Gasteiger partial charge in [0.2, 0.25) is 0 Å². The van der Waals surface area contributed by atoms with Crippen LogP contribution in [0.2, 0.25) is 0 Å². The predicted molar refractivity (Wildman–Crippen MR) is 63.9 cm³/mol. The Balaban J connectivity index is 2.55. The molecule has 0 aliphatic carbocycles. The molecule has 4 heteroatoms. The van der Waals surface area contributed by atoms with E-state index in [2.05, 4.69) is 11.8 Å². The first-order valence-electron chi connectivity index (χ1n) is 5.45. The molecule has 0 saturated heterocycles. The van der Waals surface area contributed by atoms with E-state index < -0.39 is 11.7 Å². The Hall–Kier alpha value is -1.89. The zero-order valence-electron chi connectivity index (χ0n) is 9.67. The van der Waals surface area contributed by atoms with E-state index >= 15 is 0 Å². The summed E-state index contributed by atoms with van der Waals surface area (Å²) < 4.78 is 37.3. The number of hydrogen-bond acceptors (Lipinski definition) is 1. The molecule has 0 aromatic heterocycles. The SMILES string of the molecule is OC=CCC#CCCc1cccc(C(F)(F)F)c1. The van der Waals surface area contributed by atoms with Crippen molar-refractivity contribution in [2.45, 2.75) is 25.4 Å². The molecule has 0 saturated carbocycles. The first kappa shape index (κ1) is 14.2. The summed E-state index contributed by atoms with van der Waals surface area (Å²) in [7, 11) is 0. The second-order valence-corrected chi connectivity index (χ2v) is 3.64. The monoisotopic (exact) mass is 254 g/mol. The largest absolute Gasteiger partial charge is 0.516 e. The lowest BCUT2D eigenvalue weighted by Gasteiger charge is -2.07. The summed E-state index contributed by atoms with van der Waals surface area (Å²) >= 11 is 0. The molecule has 0 bridgehead atoms. The van der Waals surface area contributed by atoms with Crippen LogP contribution in [0.4, 0.5) is 13.2 Å². The number of hydrogen-bond donors (Lipinski definition) is 1. The van der Waals surface area contributed by atoms with E-state index in [9.17, 15) is 13.2 Å². The van der Waals surface area contributed by atoms with Crippen molar-refractivity contribution in [1.29, 1.82) is 0 Å². The third-order valence-corrected chi connectivity index (χ3v) is 2.24. The van der Waals surface area contributed by atoms with Crippen LogP contribution in [0.15, 0.2) is 36.6 Å². The van der Waals surface area contributed by atoms with Crippen LogP contribution < -0.4 is 0 Å². The maximum atomic E-state index is 12.4. The topological polar surface area (TPSA) is 20.2 Å². The van der Waals surface area contributed by atoms with Crippen molar-refractivity contribution in [3.63, 3.8) is 0 Å². The molecular formula is C14H13F3O. The second kappa shape index (κ2) is 6.75. The molecule has 0 amide bonds. The average molecular weight is 254 g/mol. The molecule has 0 aliphatic heterocycles. The zero-order chi connectivity index (χ0) is 13.4. The fourth-order valence-corrected chi connectivity index (χ4v) is 1.38. The Morgan fingerprint density at radius 1 is 1.22 bits per heavy atom. The minimum Gasteiger partial charge on any atom is -0.516 e. The minimum absolute atomic E-state index is 0.444. The zero-order valence-corrected chi connectivity index (χ0v) is 9.67. The van der Waals surface area contributed by atoms with Crippen molar-refractivity contribution < 1.29 is 18.3 Å². The molecule has 1 aromatic rings. The molecule has 18 heavy (non-hydrogen) atoms. The number of aliphatic hydroxyl groups is 1. The van der Waals surface area contributed by atoms with Gasteiger partial charge >= 0.3 is 6.18 Å². The van der Waals surface area contributed by atoms with E-state index in [4.69, 9.17) is 5.11 Å². The molecular weight excluding hydrogens is 241 g/mol. The van der Waals surface area contributed by atoms with Gasteiger partial charge in [-0.15, -0.1) is 5.92 Å². The Morgan fingerprint density at radius 2 is 2.00 bits per heavy atom. The summed E-state index contributed by atoms with van der Waals surface area (Å²) in [6, 6.07) is 5.27. The quantitative estimate of drug-likeness (QED) is 0.636. The summed E-state index contributed by atoms with van der Waals surface area (Å²) in [6.45, 7) is 0. The first-order valence-corrected chi connectivity index (χ1v) is 5.45. The van der Waals surface area contributed by atoms with Crippen LogP contribution in [0.25, 0.3) is 0 Å². The van der Waals surface area contributed by atoms with Crippen molar-refractivity contribution in [2.75, 3.05) is 0 Å². The van der Waals surface area contributed by atoms with Gasteiger partial charge in [-0.3, -0.25) is 0 Å². The number of aliphatic hydroxyl groups excluding tert-OH is 1. The number of aryl methyl sites for hydroxylation is 1. The molecule has 1 nitrogen and oxygen atoms in total. The van der Waals surface area contributed by atoms with Gasteiger partial charge in [-0.2, -0.15) is 13.2 Å².